The number of unbranched alkanes of at least 4 members (excludes halogenated alkanes) is 1. The summed E-state index contributed by atoms with van der Waals surface area (Å²) in [5.41, 5.74) is 4.57. The van der Waals surface area contributed by atoms with Crippen LogP contribution in [0.1, 0.15) is 46.1 Å². The number of carbonyl (C=O) groups excluding carboxylic acids is 1. The first-order valence-corrected chi connectivity index (χ1v) is 11.8. The number of piperazine rings is 1. The first-order chi connectivity index (χ1) is 14.9. The Balaban J connectivity index is 1.54. The first kappa shape index (κ1) is 21.6. The molecule has 0 radical (unpaired) electrons. The van der Waals surface area contributed by atoms with Gasteiger partial charge in [0.05, 0.1) is 16.6 Å². The Morgan fingerprint density at radius 1 is 1.10 bits per heavy atom. The third-order valence-corrected chi connectivity index (χ3v) is 7.54. The van der Waals surface area contributed by atoms with Crippen LogP contribution in [0.25, 0.3) is 10.2 Å². The minimum atomic E-state index is -0.0361. The lowest BCUT2D eigenvalue weighted by Crippen LogP contribution is -2.49. The second-order valence-corrected chi connectivity index (χ2v) is 9.33. The Kier molecular flexibility index (Phi) is 6.14. The number of carbonyl (C=O) groups is 1. The molecule has 1 aliphatic rings. The summed E-state index contributed by atoms with van der Waals surface area (Å²) < 4.78 is 1.67. The highest BCUT2D eigenvalue weighted by Crippen LogP contribution is 2.29. The molecule has 6 nitrogen and oxygen atoms in total. The smallest absolute Gasteiger partial charge is 0.264 e. The molecule has 0 bridgehead atoms. The van der Waals surface area contributed by atoms with Crippen molar-refractivity contribution in [1.29, 1.82) is 0 Å². The summed E-state index contributed by atoms with van der Waals surface area (Å²) >= 11 is 1.34. The van der Waals surface area contributed by atoms with Crippen molar-refractivity contribution in [2.24, 2.45) is 0 Å². The highest BCUT2D eigenvalue weighted by atomic mass is 32.1. The van der Waals surface area contributed by atoms with E-state index in [0.717, 1.165) is 31.5 Å². The summed E-state index contributed by atoms with van der Waals surface area (Å²) in [6.45, 7) is 11.9. The van der Waals surface area contributed by atoms with Gasteiger partial charge in [-0.15, -0.1) is 11.3 Å². The zero-order chi connectivity index (χ0) is 22.1. The van der Waals surface area contributed by atoms with Gasteiger partial charge in [0.25, 0.3) is 11.5 Å². The number of fused-ring (bicyclic) bond motifs is 1. The lowest BCUT2D eigenvalue weighted by molar-refractivity contribution is 0.0751. The molecule has 4 rings (SSSR count). The molecule has 0 aliphatic carbocycles. The van der Waals surface area contributed by atoms with Gasteiger partial charge in [0.15, 0.2) is 0 Å². The van der Waals surface area contributed by atoms with E-state index in [0.29, 0.717) is 34.7 Å². The van der Waals surface area contributed by atoms with Crippen LogP contribution >= 0.6 is 11.3 Å². The van der Waals surface area contributed by atoms with Crippen molar-refractivity contribution in [2.45, 2.75) is 47.1 Å². The Hall–Kier alpha value is -2.67. The maximum Gasteiger partial charge on any atom is 0.264 e. The molecule has 1 amide bonds. The van der Waals surface area contributed by atoms with Crippen molar-refractivity contribution in [3.05, 3.63) is 56.4 Å². The molecule has 0 N–H and O–H groups in total. The molecule has 3 heterocycles. The van der Waals surface area contributed by atoms with E-state index in [1.54, 1.807) is 10.9 Å². The molecule has 3 aromatic rings. The number of hydrogen-bond donors (Lipinski definition) is 0. The fourth-order valence-electron chi connectivity index (χ4n) is 4.22. The van der Waals surface area contributed by atoms with E-state index in [1.807, 2.05) is 11.8 Å². The molecule has 0 spiro atoms. The van der Waals surface area contributed by atoms with Gasteiger partial charge in [-0.25, -0.2) is 4.98 Å². The Labute approximate surface area is 187 Å². The summed E-state index contributed by atoms with van der Waals surface area (Å²) in [6.07, 6.45) is 3.57. The predicted octanol–water partition coefficient (Wildman–Crippen LogP) is 4.15. The molecule has 1 fully saturated rings. The van der Waals surface area contributed by atoms with Gasteiger partial charge in [-0.2, -0.15) is 0 Å². The van der Waals surface area contributed by atoms with E-state index >= 15 is 0 Å². The number of rotatable bonds is 5. The fraction of sp³-hybridized carbons (Fsp3) is 0.458. The Morgan fingerprint density at radius 3 is 2.55 bits per heavy atom. The number of hydrogen-bond acceptors (Lipinski definition) is 5. The van der Waals surface area contributed by atoms with Gasteiger partial charge in [-0.1, -0.05) is 25.5 Å². The lowest BCUT2D eigenvalue weighted by atomic mass is 10.1. The number of anilines is 1. The number of aryl methyl sites for hydroxylation is 3. The third kappa shape index (κ3) is 3.99. The van der Waals surface area contributed by atoms with Crippen molar-refractivity contribution in [1.82, 2.24) is 14.5 Å². The van der Waals surface area contributed by atoms with Crippen molar-refractivity contribution < 1.29 is 4.79 Å². The standard InChI is InChI=1S/C24H30N4O2S/c1-5-6-10-28-15-25-22-20(23(28)29)18(4)21(31-22)24(30)27-13-11-26(12-14-27)19-9-7-8-16(2)17(19)3/h7-9,15H,5-6,10-14H2,1-4H3. The van der Waals surface area contributed by atoms with E-state index in [4.69, 9.17) is 0 Å². The molecule has 1 aromatic carbocycles. The van der Waals surface area contributed by atoms with Crippen LogP contribution in [0.2, 0.25) is 0 Å². The quantitative estimate of drug-likeness (QED) is 0.601. The Bertz CT molecular complexity index is 1170. The van der Waals surface area contributed by atoms with E-state index in [9.17, 15) is 9.59 Å². The zero-order valence-electron chi connectivity index (χ0n) is 18.8. The summed E-state index contributed by atoms with van der Waals surface area (Å²) in [5.74, 6) is 0.0145. The van der Waals surface area contributed by atoms with Crippen LogP contribution in [0.4, 0.5) is 5.69 Å². The van der Waals surface area contributed by atoms with Gasteiger partial charge < -0.3 is 9.80 Å². The molecule has 2 aromatic heterocycles. The van der Waals surface area contributed by atoms with Gasteiger partial charge >= 0.3 is 0 Å². The van der Waals surface area contributed by atoms with E-state index in [2.05, 4.69) is 48.9 Å². The van der Waals surface area contributed by atoms with Crippen molar-refractivity contribution in [2.75, 3.05) is 31.1 Å². The second-order valence-electron chi connectivity index (χ2n) is 8.33. The zero-order valence-corrected chi connectivity index (χ0v) is 19.6. The number of nitrogens with zero attached hydrogens (tertiary/aromatic N) is 4. The van der Waals surface area contributed by atoms with Crippen molar-refractivity contribution in [3.63, 3.8) is 0 Å². The van der Waals surface area contributed by atoms with Crippen LogP contribution < -0.4 is 10.5 Å². The van der Waals surface area contributed by atoms with E-state index < -0.39 is 0 Å². The summed E-state index contributed by atoms with van der Waals surface area (Å²) in [4.78, 5) is 36.3. The fourth-order valence-corrected chi connectivity index (χ4v) is 5.33. The average molecular weight is 439 g/mol. The van der Waals surface area contributed by atoms with Crippen LogP contribution in [-0.4, -0.2) is 46.5 Å². The molecular formula is C24H30N4O2S. The van der Waals surface area contributed by atoms with Crippen molar-refractivity contribution >= 4 is 33.1 Å². The predicted molar refractivity (Wildman–Crippen MR) is 128 cm³/mol. The number of aromatic nitrogens is 2. The molecule has 31 heavy (non-hydrogen) atoms. The second kappa shape index (κ2) is 8.83. The van der Waals surface area contributed by atoms with Crippen LogP contribution in [0.3, 0.4) is 0 Å². The molecular weight excluding hydrogens is 408 g/mol. The number of benzene rings is 1. The van der Waals surface area contributed by atoms with Gasteiger partial charge in [0.1, 0.15) is 4.83 Å². The molecule has 0 unspecified atom stereocenters. The van der Waals surface area contributed by atoms with Gasteiger partial charge in [-0.3, -0.25) is 14.2 Å². The van der Waals surface area contributed by atoms with Gasteiger partial charge in [0.2, 0.25) is 0 Å². The normalized spacial score (nSPS) is 14.5. The van der Waals surface area contributed by atoms with Crippen LogP contribution in [0, 0.1) is 20.8 Å². The molecule has 7 heteroatoms. The molecule has 164 valence electrons. The maximum absolute atomic E-state index is 13.3. The van der Waals surface area contributed by atoms with E-state index in [-0.39, 0.29) is 11.5 Å². The van der Waals surface area contributed by atoms with Crippen LogP contribution in [0.15, 0.2) is 29.3 Å². The van der Waals surface area contributed by atoms with Gasteiger partial charge in [-0.05, 0) is 49.9 Å². The summed E-state index contributed by atoms with van der Waals surface area (Å²) in [6, 6.07) is 6.38. The van der Waals surface area contributed by atoms with E-state index in [1.165, 1.54) is 28.2 Å². The van der Waals surface area contributed by atoms with Crippen molar-refractivity contribution in [3.8, 4) is 0 Å². The number of thiophene rings is 1. The molecule has 1 aliphatic heterocycles. The third-order valence-electron chi connectivity index (χ3n) is 6.35. The highest BCUT2D eigenvalue weighted by molar-refractivity contribution is 7.20. The van der Waals surface area contributed by atoms with Crippen LogP contribution in [-0.2, 0) is 6.54 Å². The maximum atomic E-state index is 13.3. The largest absolute Gasteiger partial charge is 0.368 e. The van der Waals surface area contributed by atoms with Gasteiger partial charge in [0, 0.05) is 38.4 Å². The molecule has 1 saturated heterocycles. The topological polar surface area (TPSA) is 58.4 Å². The monoisotopic (exact) mass is 438 g/mol. The highest BCUT2D eigenvalue weighted by Gasteiger charge is 2.27. The molecule has 0 saturated carbocycles. The summed E-state index contributed by atoms with van der Waals surface area (Å²) in [5, 5.41) is 0.598. The first-order valence-electron chi connectivity index (χ1n) is 11.0. The minimum Gasteiger partial charge on any atom is -0.368 e. The molecule has 0 atom stereocenters. The summed E-state index contributed by atoms with van der Waals surface area (Å²) in [7, 11) is 0. The van der Waals surface area contributed by atoms with Crippen LogP contribution in [0.5, 0.6) is 0 Å². The number of amides is 1. The Morgan fingerprint density at radius 2 is 1.84 bits per heavy atom. The average Bonchev–Trinajstić information content (AvgIpc) is 3.12. The lowest BCUT2D eigenvalue weighted by Gasteiger charge is -2.37. The minimum absolute atomic E-state index is 0.0145. The SMILES string of the molecule is CCCCn1cnc2sc(C(=O)N3CCN(c4cccc(C)c4C)CC3)c(C)c2c1=O.